The molecule has 8 heteroatoms. The molecule has 0 unspecified atom stereocenters. The first-order valence-electron chi connectivity index (χ1n) is 8.24. The van der Waals surface area contributed by atoms with E-state index in [0.29, 0.717) is 27.3 Å². The van der Waals surface area contributed by atoms with Gasteiger partial charge in [0.1, 0.15) is 11.5 Å². The molecule has 3 rings (SSSR count). The summed E-state index contributed by atoms with van der Waals surface area (Å²) in [6.07, 6.45) is 1.74. The Balaban J connectivity index is 1.91. The molecule has 28 heavy (non-hydrogen) atoms. The van der Waals surface area contributed by atoms with E-state index in [0.717, 1.165) is 5.56 Å². The van der Waals surface area contributed by atoms with Crippen molar-refractivity contribution < 1.29 is 24.2 Å². The number of hydrogen-bond acceptors (Lipinski definition) is 6. The predicted molar refractivity (Wildman–Crippen MR) is 108 cm³/mol. The fourth-order valence-electron chi connectivity index (χ4n) is 2.53. The lowest BCUT2D eigenvalue weighted by Crippen LogP contribution is -2.23. The van der Waals surface area contributed by atoms with Crippen LogP contribution in [0.5, 0.6) is 11.5 Å². The van der Waals surface area contributed by atoms with E-state index in [-0.39, 0.29) is 11.5 Å². The molecule has 0 bridgehead atoms. The van der Waals surface area contributed by atoms with Crippen molar-refractivity contribution in [3.05, 3.63) is 58.5 Å². The van der Waals surface area contributed by atoms with Crippen LogP contribution in [-0.2, 0) is 4.79 Å². The second kappa shape index (κ2) is 8.18. The van der Waals surface area contributed by atoms with E-state index in [1.54, 1.807) is 57.7 Å². The zero-order valence-electron chi connectivity index (χ0n) is 15.5. The number of thioether (sulfide) groups is 1. The van der Waals surface area contributed by atoms with Crippen LogP contribution >= 0.6 is 11.8 Å². The normalized spacial score (nSPS) is 16.7. The van der Waals surface area contributed by atoms with Crippen LogP contribution in [0.25, 0.3) is 6.08 Å². The van der Waals surface area contributed by atoms with Gasteiger partial charge in [0.05, 0.1) is 30.4 Å². The summed E-state index contributed by atoms with van der Waals surface area (Å²) >= 11 is 1.23. The van der Waals surface area contributed by atoms with Gasteiger partial charge in [0, 0.05) is 12.6 Å². The van der Waals surface area contributed by atoms with Gasteiger partial charge in [-0.05, 0) is 60.3 Å². The van der Waals surface area contributed by atoms with Crippen LogP contribution in [0.1, 0.15) is 15.9 Å². The molecule has 1 heterocycles. The monoisotopic (exact) mass is 398 g/mol. The van der Waals surface area contributed by atoms with Gasteiger partial charge >= 0.3 is 5.97 Å². The van der Waals surface area contributed by atoms with Gasteiger partial charge in [-0.2, -0.15) is 0 Å². The number of rotatable bonds is 5. The Hall–Kier alpha value is -3.26. The number of carbonyl (C=O) groups excluding carboxylic acids is 1. The molecule has 0 aromatic heterocycles. The number of aromatic carboxylic acids is 1. The average Bonchev–Trinajstić information content (AvgIpc) is 2.96. The molecule has 0 spiro atoms. The maximum atomic E-state index is 12.6. The zero-order chi connectivity index (χ0) is 20.3. The van der Waals surface area contributed by atoms with Gasteiger partial charge in [-0.3, -0.25) is 9.69 Å². The van der Waals surface area contributed by atoms with Crippen molar-refractivity contribution in [3.8, 4) is 11.5 Å². The minimum atomic E-state index is -1.00. The highest BCUT2D eigenvalue weighted by atomic mass is 32.2. The SMILES string of the molecule is COc1ccc(OC)c(/C=C2/SC(=Nc3ccc(C(=O)O)cc3)N(C)C2=O)c1. The number of carboxylic acids is 1. The summed E-state index contributed by atoms with van der Waals surface area (Å²) in [5.41, 5.74) is 1.46. The third-order valence-corrected chi connectivity index (χ3v) is 5.13. The van der Waals surface area contributed by atoms with E-state index in [9.17, 15) is 9.59 Å². The minimum Gasteiger partial charge on any atom is -0.497 e. The van der Waals surface area contributed by atoms with Gasteiger partial charge in [0.2, 0.25) is 0 Å². The molecule has 1 aliphatic heterocycles. The summed E-state index contributed by atoms with van der Waals surface area (Å²) in [6, 6.07) is 11.5. The Kier molecular flexibility index (Phi) is 5.70. The predicted octanol–water partition coefficient (Wildman–Crippen LogP) is 3.64. The maximum Gasteiger partial charge on any atom is 0.335 e. The van der Waals surface area contributed by atoms with Crippen LogP contribution in [0.15, 0.2) is 52.4 Å². The van der Waals surface area contributed by atoms with Gasteiger partial charge in [0.15, 0.2) is 5.17 Å². The first kappa shape index (κ1) is 19.5. The number of ether oxygens (including phenoxy) is 2. The summed E-state index contributed by atoms with van der Waals surface area (Å²) in [4.78, 5) is 30.0. The molecule has 0 saturated carbocycles. The molecule has 1 amide bonds. The fraction of sp³-hybridized carbons (Fsp3) is 0.150. The molecular formula is C20H18N2O5S. The van der Waals surface area contributed by atoms with Crippen molar-refractivity contribution in [2.75, 3.05) is 21.3 Å². The second-order valence-corrected chi connectivity index (χ2v) is 6.84. The minimum absolute atomic E-state index is 0.179. The number of amidine groups is 1. The highest BCUT2D eigenvalue weighted by Crippen LogP contribution is 2.35. The van der Waals surface area contributed by atoms with E-state index >= 15 is 0 Å². The molecule has 7 nitrogen and oxygen atoms in total. The zero-order valence-corrected chi connectivity index (χ0v) is 16.3. The van der Waals surface area contributed by atoms with Crippen LogP contribution in [0.2, 0.25) is 0 Å². The van der Waals surface area contributed by atoms with Gasteiger partial charge < -0.3 is 14.6 Å². The van der Waals surface area contributed by atoms with E-state index < -0.39 is 5.97 Å². The lowest BCUT2D eigenvalue weighted by molar-refractivity contribution is -0.121. The van der Waals surface area contributed by atoms with Gasteiger partial charge in [-0.1, -0.05) is 0 Å². The lowest BCUT2D eigenvalue weighted by atomic mass is 10.1. The second-order valence-electron chi connectivity index (χ2n) is 5.83. The average molecular weight is 398 g/mol. The van der Waals surface area contributed by atoms with Crippen molar-refractivity contribution in [3.63, 3.8) is 0 Å². The molecule has 1 aliphatic rings. The van der Waals surface area contributed by atoms with Crippen LogP contribution in [0, 0.1) is 0 Å². The smallest absolute Gasteiger partial charge is 0.335 e. The van der Waals surface area contributed by atoms with E-state index in [2.05, 4.69) is 4.99 Å². The summed E-state index contributed by atoms with van der Waals surface area (Å²) in [5.74, 6) is 0.0952. The van der Waals surface area contributed by atoms with Gasteiger partial charge in [-0.15, -0.1) is 0 Å². The third-order valence-electron chi connectivity index (χ3n) is 4.07. The fourth-order valence-corrected chi connectivity index (χ4v) is 3.51. The van der Waals surface area contributed by atoms with Crippen molar-refractivity contribution in [1.82, 2.24) is 4.90 Å². The maximum absolute atomic E-state index is 12.6. The molecule has 144 valence electrons. The third kappa shape index (κ3) is 4.01. The molecule has 1 saturated heterocycles. The number of amides is 1. The largest absolute Gasteiger partial charge is 0.497 e. The van der Waals surface area contributed by atoms with Crippen LogP contribution in [0.3, 0.4) is 0 Å². The number of hydrogen-bond donors (Lipinski definition) is 1. The first-order valence-corrected chi connectivity index (χ1v) is 9.06. The Bertz CT molecular complexity index is 983. The lowest BCUT2D eigenvalue weighted by Gasteiger charge is -2.08. The standard InChI is InChI=1S/C20H18N2O5S/c1-22-18(23)17(11-13-10-15(26-2)8-9-16(13)27-3)28-20(22)21-14-6-4-12(5-7-14)19(24)25/h4-11H,1-3H3,(H,24,25)/b17-11+,21-20?. The van der Waals surface area contributed by atoms with Crippen molar-refractivity contribution in [2.24, 2.45) is 4.99 Å². The molecule has 1 N–H and O–H groups in total. The van der Waals surface area contributed by atoms with E-state index in [1.807, 2.05) is 0 Å². The molecule has 0 aliphatic carbocycles. The molecule has 1 fully saturated rings. The van der Waals surface area contributed by atoms with Gasteiger partial charge in [-0.25, -0.2) is 9.79 Å². The molecule has 2 aromatic carbocycles. The van der Waals surface area contributed by atoms with Crippen molar-refractivity contribution in [1.29, 1.82) is 0 Å². The Morgan fingerprint density at radius 1 is 1.14 bits per heavy atom. The van der Waals surface area contributed by atoms with Crippen molar-refractivity contribution in [2.45, 2.75) is 0 Å². The Morgan fingerprint density at radius 2 is 1.86 bits per heavy atom. The van der Waals surface area contributed by atoms with Crippen LogP contribution in [-0.4, -0.2) is 48.3 Å². The topological polar surface area (TPSA) is 88.4 Å². The molecule has 0 atom stereocenters. The highest BCUT2D eigenvalue weighted by Gasteiger charge is 2.30. The number of methoxy groups -OCH3 is 2. The van der Waals surface area contributed by atoms with Crippen LogP contribution in [0.4, 0.5) is 5.69 Å². The summed E-state index contributed by atoms with van der Waals surface area (Å²) in [5, 5.41) is 9.47. The molecule has 2 aromatic rings. The number of nitrogens with zero attached hydrogens (tertiary/aromatic N) is 2. The number of benzene rings is 2. The summed E-state index contributed by atoms with van der Waals surface area (Å²) < 4.78 is 10.6. The number of carbonyl (C=O) groups is 2. The first-order chi connectivity index (χ1) is 13.4. The van der Waals surface area contributed by atoms with Crippen molar-refractivity contribution >= 4 is 40.6 Å². The van der Waals surface area contributed by atoms with Crippen LogP contribution < -0.4 is 9.47 Å². The summed E-state index contributed by atoms with van der Waals surface area (Å²) in [6.45, 7) is 0. The Morgan fingerprint density at radius 3 is 2.46 bits per heavy atom. The van der Waals surface area contributed by atoms with E-state index in [1.165, 1.54) is 28.8 Å². The highest BCUT2D eigenvalue weighted by molar-refractivity contribution is 8.18. The Labute approximate surface area is 166 Å². The quantitative estimate of drug-likeness (QED) is 0.774. The number of likely N-dealkylation sites (N-methyl/N-ethyl adjacent to an activating group) is 1. The number of carboxylic acid groups (broad SMARTS) is 1. The van der Waals surface area contributed by atoms with E-state index in [4.69, 9.17) is 14.6 Å². The summed E-state index contributed by atoms with van der Waals surface area (Å²) in [7, 11) is 4.78. The molecule has 0 radical (unpaired) electrons. The number of aliphatic imine (C=N–C) groups is 1. The van der Waals surface area contributed by atoms with Gasteiger partial charge in [0.25, 0.3) is 5.91 Å². The molecular weight excluding hydrogens is 380 g/mol.